The molecule has 0 saturated carbocycles. The molecule has 1 atom stereocenters. The predicted molar refractivity (Wildman–Crippen MR) is 110 cm³/mol. The van der Waals surface area contributed by atoms with Crippen molar-refractivity contribution in [2.45, 2.75) is 39.2 Å². The Balaban J connectivity index is 1.56. The SMILES string of the molecule is CCCCC(NC(=O)N1CCN(c2ccc(C)cc2)CC1)c1cccnc1. The largest absolute Gasteiger partial charge is 0.368 e. The fourth-order valence-electron chi connectivity index (χ4n) is 3.48. The van der Waals surface area contributed by atoms with Gasteiger partial charge in [0.2, 0.25) is 0 Å². The average molecular weight is 367 g/mol. The number of pyridine rings is 1. The minimum absolute atomic E-state index is 0.0290. The van der Waals surface area contributed by atoms with Crippen molar-refractivity contribution < 1.29 is 4.79 Å². The van der Waals surface area contributed by atoms with Crippen LogP contribution in [0.4, 0.5) is 10.5 Å². The van der Waals surface area contributed by atoms with Crippen molar-refractivity contribution in [3.8, 4) is 0 Å². The maximum Gasteiger partial charge on any atom is 0.318 e. The van der Waals surface area contributed by atoms with Gasteiger partial charge in [-0.05, 0) is 37.1 Å². The van der Waals surface area contributed by atoms with Gasteiger partial charge >= 0.3 is 6.03 Å². The van der Waals surface area contributed by atoms with Gasteiger partial charge in [0, 0.05) is 44.3 Å². The molecular formula is C22H30N4O. The molecule has 1 fully saturated rings. The molecule has 0 bridgehead atoms. The summed E-state index contributed by atoms with van der Waals surface area (Å²) >= 11 is 0. The lowest BCUT2D eigenvalue weighted by atomic mass is 10.0. The number of nitrogens with zero attached hydrogens (tertiary/aromatic N) is 3. The van der Waals surface area contributed by atoms with E-state index in [4.69, 9.17) is 0 Å². The number of rotatable bonds is 6. The zero-order valence-electron chi connectivity index (χ0n) is 16.4. The smallest absolute Gasteiger partial charge is 0.318 e. The highest BCUT2D eigenvalue weighted by Gasteiger charge is 2.23. The molecule has 1 saturated heterocycles. The highest BCUT2D eigenvalue weighted by Crippen LogP contribution is 2.20. The second-order valence-corrected chi connectivity index (χ2v) is 7.24. The first-order chi connectivity index (χ1) is 13.2. The van der Waals surface area contributed by atoms with Crippen molar-refractivity contribution in [2.24, 2.45) is 0 Å². The zero-order chi connectivity index (χ0) is 19.1. The summed E-state index contributed by atoms with van der Waals surface area (Å²) in [6.45, 7) is 7.49. The van der Waals surface area contributed by atoms with Crippen molar-refractivity contribution >= 4 is 11.7 Å². The summed E-state index contributed by atoms with van der Waals surface area (Å²) in [5.41, 5.74) is 3.58. The van der Waals surface area contributed by atoms with Gasteiger partial charge in [-0.2, -0.15) is 0 Å². The van der Waals surface area contributed by atoms with Gasteiger partial charge in [-0.1, -0.05) is 43.5 Å². The number of urea groups is 1. The molecule has 3 rings (SSSR count). The molecule has 1 unspecified atom stereocenters. The molecule has 2 amide bonds. The molecule has 5 nitrogen and oxygen atoms in total. The van der Waals surface area contributed by atoms with Gasteiger partial charge in [0.05, 0.1) is 6.04 Å². The summed E-state index contributed by atoms with van der Waals surface area (Å²) in [4.78, 5) is 21.3. The van der Waals surface area contributed by atoms with Crippen LogP contribution in [0.25, 0.3) is 0 Å². The molecule has 1 N–H and O–H groups in total. The van der Waals surface area contributed by atoms with Gasteiger partial charge in [0.1, 0.15) is 0 Å². The topological polar surface area (TPSA) is 48.5 Å². The number of unbranched alkanes of at least 4 members (excludes halogenated alkanes) is 1. The number of amides is 2. The first-order valence-electron chi connectivity index (χ1n) is 9.94. The number of aryl methyl sites for hydroxylation is 1. The molecule has 0 spiro atoms. The molecule has 1 aliphatic rings. The molecule has 27 heavy (non-hydrogen) atoms. The Hall–Kier alpha value is -2.56. The fourth-order valence-corrected chi connectivity index (χ4v) is 3.48. The number of carbonyl (C=O) groups excluding carboxylic acids is 1. The van der Waals surface area contributed by atoms with E-state index in [-0.39, 0.29) is 12.1 Å². The Bertz CT molecular complexity index is 709. The fraction of sp³-hybridized carbons (Fsp3) is 0.455. The van der Waals surface area contributed by atoms with Crippen LogP contribution in [0.5, 0.6) is 0 Å². The Labute approximate surface area is 162 Å². The third kappa shape index (κ3) is 5.22. The van der Waals surface area contributed by atoms with Crippen LogP contribution in [0.3, 0.4) is 0 Å². The number of hydrogen-bond acceptors (Lipinski definition) is 3. The summed E-state index contributed by atoms with van der Waals surface area (Å²) in [5, 5.41) is 3.23. The van der Waals surface area contributed by atoms with Crippen LogP contribution in [0.1, 0.15) is 43.4 Å². The van der Waals surface area contributed by atoms with Crippen molar-refractivity contribution in [3.63, 3.8) is 0 Å². The van der Waals surface area contributed by atoms with Crippen molar-refractivity contribution in [1.82, 2.24) is 15.2 Å². The second kappa shape index (κ2) is 9.40. The highest BCUT2D eigenvalue weighted by atomic mass is 16.2. The molecule has 2 heterocycles. The molecule has 5 heteroatoms. The number of anilines is 1. The number of nitrogens with one attached hydrogen (secondary N) is 1. The Kier molecular flexibility index (Phi) is 6.69. The number of piperazine rings is 1. The minimum atomic E-state index is 0.0290. The van der Waals surface area contributed by atoms with Crippen LogP contribution in [0, 0.1) is 6.92 Å². The van der Waals surface area contributed by atoms with E-state index in [1.807, 2.05) is 23.2 Å². The molecule has 0 aliphatic carbocycles. The summed E-state index contributed by atoms with van der Waals surface area (Å²) in [6.07, 6.45) is 6.77. The van der Waals surface area contributed by atoms with Crippen LogP contribution >= 0.6 is 0 Å². The number of aromatic nitrogens is 1. The molecule has 1 aliphatic heterocycles. The van der Waals surface area contributed by atoms with E-state index in [9.17, 15) is 4.79 Å². The standard InChI is InChI=1S/C22H30N4O/c1-3-4-7-21(19-6-5-12-23-17-19)24-22(27)26-15-13-25(14-16-26)20-10-8-18(2)9-11-20/h5-6,8-12,17,21H,3-4,7,13-16H2,1-2H3,(H,24,27). The van der Waals surface area contributed by atoms with Crippen molar-refractivity contribution in [2.75, 3.05) is 31.1 Å². The van der Waals surface area contributed by atoms with Gasteiger partial charge in [0.25, 0.3) is 0 Å². The minimum Gasteiger partial charge on any atom is -0.368 e. The maximum atomic E-state index is 12.8. The average Bonchev–Trinajstić information content (AvgIpc) is 2.72. The van der Waals surface area contributed by atoms with Crippen LogP contribution in [-0.2, 0) is 0 Å². The monoisotopic (exact) mass is 366 g/mol. The van der Waals surface area contributed by atoms with Crippen LogP contribution in [0.15, 0.2) is 48.8 Å². The molecule has 1 aromatic carbocycles. The van der Waals surface area contributed by atoms with Crippen LogP contribution < -0.4 is 10.2 Å². The van der Waals surface area contributed by atoms with E-state index in [1.165, 1.54) is 11.3 Å². The quantitative estimate of drug-likeness (QED) is 0.835. The van der Waals surface area contributed by atoms with Crippen molar-refractivity contribution in [3.05, 3.63) is 59.9 Å². The summed E-state index contributed by atoms with van der Waals surface area (Å²) < 4.78 is 0. The molecular weight excluding hydrogens is 336 g/mol. The van der Waals surface area contributed by atoms with E-state index < -0.39 is 0 Å². The normalized spacial score (nSPS) is 15.5. The number of carbonyl (C=O) groups is 1. The van der Waals surface area contributed by atoms with Gasteiger partial charge < -0.3 is 15.1 Å². The zero-order valence-corrected chi connectivity index (χ0v) is 16.4. The highest BCUT2D eigenvalue weighted by molar-refractivity contribution is 5.75. The summed E-state index contributed by atoms with van der Waals surface area (Å²) in [6, 6.07) is 12.6. The Morgan fingerprint density at radius 2 is 1.89 bits per heavy atom. The lowest BCUT2D eigenvalue weighted by Crippen LogP contribution is -2.52. The van der Waals surface area contributed by atoms with Gasteiger partial charge in [0.15, 0.2) is 0 Å². The van der Waals surface area contributed by atoms with E-state index in [0.29, 0.717) is 0 Å². The Morgan fingerprint density at radius 1 is 1.15 bits per heavy atom. The lowest BCUT2D eigenvalue weighted by molar-refractivity contribution is 0.189. The second-order valence-electron chi connectivity index (χ2n) is 7.24. The van der Waals surface area contributed by atoms with Gasteiger partial charge in [-0.25, -0.2) is 4.79 Å². The number of hydrogen-bond donors (Lipinski definition) is 1. The van der Waals surface area contributed by atoms with E-state index in [1.54, 1.807) is 6.20 Å². The summed E-state index contributed by atoms with van der Waals surface area (Å²) in [5.74, 6) is 0. The van der Waals surface area contributed by atoms with E-state index in [2.05, 4.69) is 53.3 Å². The van der Waals surface area contributed by atoms with E-state index in [0.717, 1.165) is 51.0 Å². The molecule has 2 aromatic rings. The molecule has 144 valence electrons. The van der Waals surface area contributed by atoms with E-state index >= 15 is 0 Å². The van der Waals surface area contributed by atoms with Gasteiger partial charge in [-0.15, -0.1) is 0 Å². The van der Waals surface area contributed by atoms with Crippen LogP contribution in [-0.4, -0.2) is 42.1 Å². The predicted octanol–water partition coefficient (Wildman–Crippen LogP) is 4.15. The summed E-state index contributed by atoms with van der Waals surface area (Å²) in [7, 11) is 0. The lowest BCUT2D eigenvalue weighted by Gasteiger charge is -2.37. The first kappa shape index (κ1) is 19.2. The maximum absolute atomic E-state index is 12.8. The molecule has 1 aromatic heterocycles. The van der Waals surface area contributed by atoms with Crippen molar-refractivity contribution in [1.29, 1.82) is 0 Å². The first-order valence-corrected chi connectivity index (χ1v) is 9.94. The van der Waals surface area contributed by atoms with Gasteiger partial charge in [-0.3, -0.25) is 4.98 Å². The van der Waals surface area contributed by atoms with Crippen LogP contribution in [0.2, 0.25) is 0 Å². The molecule has 0 radical (unpaired) electrons. The Morgan fingerprint density at radius 3 is 2.52 bits per heavy atom. The third-order valence-corrected chi connectivity index (χ3v) is 5.20. The number of benzene rings is 1. The third-order valence-electron chi connectivity index (χ3n) is 5.20.